The van der Waals surface area contributed by atoms with Crippen LogP contribution in [0, 0.1) is 0 Å². The minimum atomic E-state index is -0.969. The number of aromatic amines is 1. The number of esters is 1. The Morgan fingerprint density at radius 2 is 1.55 bits per heavy atom. The van der Waals surface area contributed by atoms with Crippen molar-refractivity contribution in [3.05, 3.63) is 120 Å². The molecule has 0 radical (unpaired) electrons. The van der Waals surface area contributed by atoms with E-state index >= 15 is 0 Å². The normalized spacial score (nSPS) is 13.0. The van der Waals surface area contributed by atoms with Crippen molar-refractivity contribution in [2.75, 3.05) is 13.6 Å². The Bertz CT molecular complexity index is 1880. The maximum absolute atomic E-state index is 14.5. The highest BCUT2D eigenvalue weighted by Gasteiger charge is 2.32. The SMILES string of the molecule is CN(Cc1ccccc1)C(=O)C(Cc1ccc2ccccc2c1)N(CCC(=O)OC(C)(C)C)NC(CC(=O)O)Cc1c[nH]c2ccccc12. The fourth-order valence-corrected chi connectivity index (χ4v) is 6.20. The van der Waals surface area contributed by atoms with E-state index in [-0.39, 0.29) is 25.3 Å². The number of carbonyl (C=O) groups is 3. The standard InChI is InChI=1S/C40H46N4O5/c1-40(2,3)49-38(47)20-21-44(42-33(25-37(45)46)24-32-26-41-35-17-11-10-16-34(32)35)36(39(48)43(4)27-28-12-6-5-7-13-28)23-29-18-19-30-14-8-9-15-31(30)22-29/h5-19,22,26,33,36,41-42H,20-21,23-25,27H2,1-4H3,(H,45,46). The Kier molecular flexibility index (Phi) is 11.5. The van der Waals surface area contributed by atoms with Crippen molar-refractivity contribution >= 4 is 39.5 Å². The summed E-state index contributed by atoms with van der Waals surface area (Å²) in [5, 5.41) is 14.9. The van der Waals surface area contributed by atoms with Gasteiger partial charge in [-0.15, -0.1) is 0 Å². The first-order chi connectivity index (χ1) is 23.4. The van der Waals surface area contributed by atoms with Crippen LogP contribution in [0.5, 0.6) is 0 Å². The van der Waals surface area contributed by atoms with Gasteiger partial charge in [0.15, 0.2) is 0 Å². The van der Waals surface area contributed by atoms with Crippen molar-refractivity contribution in [2.24, 2.45) is 0 Å². The maximum Gasteiger partial charge on any atom is 0.307 e. The number of carbonyl (C=O) groups excluding carboxylic acids is 2. The van der Waals surface area contributed by atoms with Gasteiger partial charge in [-0.3, -0.25) is 19.8 Å². The molecular weight excluding hydrogens is 616 g/mol. The van der Waals surface area contributed by atoms with Crippen LogP contribution in [0.3, 0.4) is 0 Å². The zero-order valence-corrected chi connectivity index (χ0v) is 28.7. The molecule has 1 aromatic heterocycles. The molecule has 1 amide bonds. The molecule has 0 saturated carbocycles. The summed E-state index contributed by atoms with van der Waals surface area (Å²) in [6.07, 6.45) is 2.42. The minimum Gasteiger partial charge on any atom is -0.481 e. The van der Waals surface area contributed by atoms with Crippen LogP contribution in [-0.4, -0.2) is 69.1 Å². The monoisotopic (exact) mass is 662 g/mol. The van der Waals surface area contributed by atoms with E-state index in [0.29, 0.717) is 19.4 Å². The Morgan fingerprint density at radius 1 is 0.857 bits per heavy atom. The smallest absolute Gasteiger partial charge is 0.307 e. The Balaban J connectivity index is 1.51. The molecule has 3 N–H and O–H groups in total. The van der Waals surface area contributed by atoms with Gasteiger partial charge < -0.3 is 19.7 Å². The topological polar surface area (TPSA) is 115 Å². The number of rotatable bonds is 15. The number of para-hydroxylation sites is 1. The molecule has 0 aliphatic rings. The van der Waals surface area contributed by atoms with Crippen molar-refractivity contribution in [3.8, 4) is 0 Å². The van der Waals surface area contributed by atoms with Crippen LogP contribution in [0.15, 0.2) is 103 Å². The van der Waals surface area contributed by atoms with E-state index in [2.05, 4.69) is 16.5 Å². The van der Waals surface area contributed by atoms with Crippen molar-refractivity contribution in [1.29, 1.82) is 0 Å². The first-order valence-electron chi connectivity index (χ1n) is 16.7. The number of fused-ring (bicyclic) bond motifs is 2. The highest BCUT2D eigenvalue weighted by molar-refractivity contribution is 5.85. The summed E-state index contributed by atoms with van der Waals surface area (Å²) in [5.41, 5.74) is 6.62. The number of aliphatic carboxylic acids is 1. The predicted octanol–water partition coefficient (Wildman–Crippen LogP) is 6.52. The van der Waals surface area contributed by atoms with Gasteiger partial charge in [-0.05, 0) is 67.1 Å². The van der Waals surface area contributed by atoms with Gasteiger partial charge in [-0.2, -0.15) is 0 Å². The zero-order valence-electron chi connectivity index (χ0n) is 28.7. The van der Waals surface area contributed by atoms with Gasteiger partial charge in [0.25, 0.3) is 0 Å². The number of nitrogens with zero attached hydrogens (tertiary/aromatic N) is 2. The average Bonchev–Trinajstić information content (AvgIpc) is 3.47. The molecule has 256 valence electrons. The van der Waals surface area contributed by atoms with Crippen molar-refractivity contribution in [1.82, 2.24) is 20.3 Å². The van der Waals surface area contributed by atoms with Gasteiger partial charge in [-0.1, -0.05) is 91.0 Å². The van der Waals surface area contributed by atoms with Crippen molar-refractivity contribution < 1.29 is 24.2 Å². The summed E-state index contributed by atoms with van der Waals surface area (Å²) in [5.74, 6) is -1.53. The van der Waals surface area contributed by atoms with Crippen molar-refractivity contribution in [3.63, 3.8) is 0 Å². The Morgan fingerprint density at radius 3 is 2.29 bits per heavy atom. The molecule has 0 fully saturated rings. The number of amides is 1. The molecule has 0 aliphatic heterocycles. The number of H-pyrrole nitrogens is 1. The number of aromatic nitrogens is 1. The highest BCUT2D eigenvalue weighted by atomic mass is 16.6. The third-order valence-electron chi connectivity index (χ3n) is 8.43. The quantitative estimate of drug-likeness (QED) is 0.0865. The summed E-state index contributed by atoms with van der Waals surface area (Å²) < 4.78 is 5.64. The summed E-state index contributed by atoms with van der Waals surface area (Å²) in [4.78, 5) is 44.8. The summed E-state index contributed by atoms with van der Waals surface area (Å²) >= 11 is 0. The molecule has 49 heavy (non-hydrogen) atoms. The predicted molar refractivity (Wildman–Crippen MR) is 193 cm³/mol. The van der Waals surface area contributed by atoms with Gasteiger partial charge in [-0.25, -0.2) is 5.01 Å². The van der Waals surface area contributed by atoms with Gasteiger partial charge >= 0.3 is 11.9 Å². The van der Waals surface area contributed by atoms with Crippen LogP contribution in [0.2, 0.25) is 0 Å². The number of ether oxygens (including phenoxy) is 1. The Hall–Kier alpha value is -4.99. The fraction of sp³-hybridized carbons (Fsp3) is 0.325. The Labute approximate surface area is 287 Å². The lowest BCUT2D eigenvalue weighted by Crippen LogP contribution is -2.58. The molecule has 0 aliphatic carbocycles. The number of hydrazine groups is 1. The molecule has 5 aromatic rings. The van der Waals surface area contributed by atoms with Crippen LogP contribution >= 0.6 is 0 Å². The molecule has 0 bridgehead atoms. The number of benzene rings is 4. The molecule has 9 nitrogen and oxygen atoms in total. The number of carboxylic acids is 1. The van der Waals surface area contributed by atoms with E-state index in [1.165, 1.54) is 0 Å². The van der Waals surface area contributed by atoms with Gasteiger partial charge in [0.1, 0.15) is 11.6 Å². The molecule has 1 heterocycles. The van der Waals surface area contributed by atoms with E-state index in [4.69, 9.17) is 4.74 Å². The summed E-state index contributed by atoms with van der Waals surface area (Å²) in [7, 11) is 1.77. The van der Waals surface area contributed by atoms with E-state index in [0.717, 1.165) is 38.4 Å². The second kappa shape index (κ2) is 15.9. The first kappa shape index (κ1) is 35.3. The second-order valence-electron chi connectivity index (χ2n) is 13.6. The number of carboxylic acid groups (broad SMARTS) is 1. The number of likely N-dealkylation sites (N-methyl/N-ethyl adjacent to an activating group) is 1. The van der Waals surface area contributed by atoms with Crippen LogP contribution in [0.4, 0.5) is 0 Å². The van der Waals surface area contributed by atoms with E-state index < -0.39 is 29.6 Å². The number of nitrogens with one attached hydrogen (secondary N) is 2. The van der Waals surface area contributed by atoms with Crippen LogP contribution < -0.4 is 5.43 Å². The molecule has 9 heteroatoms. The van der Waals surface area contributed by atoms with Crippen LogP contribution in [0.1, 0.15) is 50.3 Å². The largest absolute Gasteiger partial charge is 0.481 e. The minimum absolute atomic E-state index is 0.00104. The molecule has 2 unspecified atom stereocenters. The van der Waals surface area contributed by atoms with Crippen molar-refractivity contribution in [2.45, 2.75) is 70.7 Å². The second-order valence-corrected chi connectivity index (χ2v) is 13.6. The van der Waals surface area contributed by atoms with E-state index in [9.17, 15) is 19.5 Å². The van der Waals surface area contributed by atoms with Gasteiger partial charge in [0, 0.05) is 43.3 Å². The number of hydrogen-bond acceptors (Lipinski definition) is 6. The maximum atomic E-state index is 14.5. The molecule has 0 saturated heterocycles. The van der Waals surface area contributed by atoms with Crippen LogP contribution in [-0.2, 0) is 38.5 Å². The lowest BCUT2D eigenvalue weighted by atomic mass is 9.99. The lowest BCUT2D eigenvalue weighted by Gasteiger charge is -2.36. The zero-order chi connectivity index (χ0) is 35.0. The number of hydrogen-bond donors (Lipinski definition) is 3. The summed E-state index contributed by atoms with van der Waals surface area (Å²) in [6, 6.07) is 30.5. The average molecular weight is 663 g/mol. The molecule has 2 atom stereocenters. The first-order valence-corrected chi connectivity index (χ1v) is 16.7. The third-order valence-corrected chi connectivity index (χ3v) is 8.43. The molecule has 4 aromatic carbocycles. The molecule has 0 spiro atoms. The third kappa shape index (κ3) is 10.0. The van der Waals surface area contributed by atoms with E-state index in [1.54, 1.807) is 17.0 Å². The van der Waals surface area contributed by atoms with Gasteiger partial charge in [0.2, 0.25) is 5.91 Å². The fourth-order valence-electron chi connectivity index (χ4n) is 6.20. The summed E-state index contributed by atoms with van der Waals surface area (Å²) in [6.45, 7) is 5.96. The molecule has 5 rings (SSSR count). The van der Waals surface area contributed by atoms with E-state index in [1.807, 2.05) is 118 Å². The van der Waals surface area contributed by atoms with Gasteiger partial charge in [0.05, 0.1) is 12.8 Å². The highest BCUT2D eigenvalue weighted by Crippen LogP contribution is 2.23. The van der Waals surface area contributed by atoms with Crippen LogP contribution in [0.25, 0.3) is 21.7 Å². The lowest BCUT2D eigenvalue weighted by molar-refractivity contribution is -0.156. The molecular formula is C40H46N4O5.